The molecule has 1 fully saturated rings. The summed E-state index contributed by atoms with van der Waals surface area (Å²) in [7, 11) is -3.07. The van der Waals surface area contributed by atoms with E-state index in [0.717, 1.165) is 0 Å². The lowest BCUT2D eigenvalue weighted by Gasteiger charge is -2.11. The van der Waals surface area contributed by atoms with Crippen LogP contribution in [0.15, 0.2) is 24.3 Å². The normalized spacial score (nSPS) is 19.9. The minimum absolute atomic E-state index is 0.00306. The standard InChI is InChI=1S/C12H14N2O6S/c15-12(13-9-5-6-21(18,19)8-9)7-20-11-4-2-1-3-10(11)14(16)17/h1-4,9H,5-8H2,(H,13,15)/t9-/m0/s1. The van der Waals surface area contributed by atoms with Crippen molar-refractivity contribution in [2.45, 2.75) is 12.5 Å². The second-order valence-corrected chi connectivity index (χ2v) is 6.91. The predicted molar refractivity (Wildman–Crippen MR) is 73.8 cm³/mol. The average Bonchev–Trinajstić information content (AvgIpc) is 2.75. The fourth-order valence-corrected chi connectivity index (χ4v) is 3.72. The average molecular weight is 314 g/mol. The Bertz CT molecular complexity index is 657. The molecule has 1 aliphatic rings. The zero-order chi connectivity index (χ0) is 15.5. The maximum absolute atomic E-state index is 11.7. The molecule has 21 heavy (non-hydrogen) atoms. The molecule has 8 nitrogen and oxygen atoms in total. The molecule has 0 spiro atoms. The molecule has 1 atom stereocenters. The number of para-hydroxylation sites is 2. The van der Waals surface area contributed by atoms with Crippen LogP contribution in [0.2, 0.25) is 0 Å². The molecule has 0 aromatic heterocycles. The Morgan fingerprint density at radius 2 is 2.14 bits per heavy atom. The molecular formula is C12H14N2O6S. The van der Waals surface area contributed by atoms with Gasteiger partial charge in [-0.15, -0.1) is 0 Å². The second kappa shape index (κ2) is 6.08. The first kappa shape index (κ1) is 15.2. The lowest BCUT2D eigenvalue weighted by atomic mass is 10.2. The number of hydrogen-bond donors (Lipinski definition) is 1. The van der Waals surface area contributed by atoms with E-state index in [0.29, 0.717) is 6.42 Å². The number of hydrogen-bond acceptors (Lipinski definition) is 6. The van der Waals surface area contributed by atoms with Crippen molar-refractivity contribution in [3.63, 3.8) is 0 Å². The number of benzene rings is 1. The van der Waals surface area contributed by atoms with Crippen LogP contribution in [0.4, 0.5) is 5.69 Å². The van der Waals surface area contributed by atoms with Gasteiger partial charge in [-0.2, -0.15) is 0 Å². The Morgan fingerprint density at radius 3 is 2.76 bits per heavy atom. The van der Waals surface area contributed by atoms with Crippen molar-refractivity contribution >= 4 is 21.4 Å². The third-order valence-corrected chi connectivity index (χ3v) is 4.79. The highest BCUT2D eigenvalue weighted by molar-refractivity contribution is 7.91. The summed E-state index contributed by atoms with van der Waals surface area (Å²) in [5, 5.41) is 13.3. The van der Waals surface area contributed by atoms with Gasteiger partial charge >= 0.3 is 5.69 Å². The third kappa shape index (κ3) is 4.15. The van der Waals surface area contributed by atoms with E-state index < -0.39 is 33.3 Å². The van der Waals surface area contributed by atoms with Gasteiger partial charge in [-0.25, -0.2) is 8.42 Å². The molecule has 0 bridgehead atoms. The first-order valence-corrected chi connectivity index (χ1v) is 8.05. The number of nitrogens with zero attached hydrogens (tertiary/aromatic N) is 1. The number of carbonyl (C=O) groups is 1. The predicted octanol–water partition coefficient (Wildman–Crippen LogP) is 0.277. The van der Waals surface area contributed by atoms with Crippen LogP contribution in [0.25, 0.3) is 0 Å². The monoisotopic (exact) mass is 314 g/mol. The van der Waals surface area contributed by atoms with Crippen LogP contribution < -0.4 is 10.1 Å². The largest absolute Gasteiger partial charge is 0.477 e. The Balaban J connectivity index is 1.89. The maximum atomic E-state index is 11.7. The molecule has 9 heteroatoms. The molecule has 1 aromatic rings. The van der Waals surface area contributed by atoms with Crippen LogP contribution in [0, 0.1) is 10.1 Å². The van der Waals surface area contributed by atoms with Crippen LogP contribution in [0.1, 0.15) is 6.42 Å². The summed E-state index contributed by atoms with van der Waals surface area (Å²) in [6.07, 6.45) is 0.375. The summed E-state index contributed by atoms with van der Waals surface area (Å²) in [5.74, 6) is -0.528. The first-order chi connectivity index (χ1) is 9.87. The smallest absolute Gasteiger partial charge is 0.310 e. The summed E-state index contributed by atoms with van der Waals surface area (Å²) < 4.78 is 27.6. The zero-order valence-electron chi connectivity index (χ0n) is 11.0. The molecule has 0 aliphatic carbocycles. The summed E-state index contributed by atoms with van der Waals surface area (Å²) in [6, 6.07) is 5.30. The van der Waals surface area contributed by atoms with E-state index in [9.17, 15) is 23.3 Å². The van der Waals surface area contributed by atoms with E-state index >= 15 is 0 Å². The van der Waals surface area contributed by atoms with Crippen molar-refractivity contribution in [1.29, 1.82) is 0 Å². The van der Waals surface area contributed by atoms with Crippen molar-refractivity contribution in [1.82, 2.24) is 5.32 Å². The molecule has 0 unspecified atom stereocenters. The number of carbonyl (C=O) groups excluding carboxylic acids is 1. The Kier molecular flexibility index (Phi) is 4.41. The van der Waals surface area contributed by atoms with E-state index in [1.165, 1.54) is 18.2 Å². The zero-order valence-corrected chi connectivity index (χ0v) is 11.8. The molecule has 114 valence electrons. The fraction of sp³-hybridized carbons (Fsp3) is 0.417. The summed E-state index contributed by atoms with van der Waals surface area (Å²) in [5.41, 5.74) is -0.228. The van der Waals surface area contributed by atoms with Crippen molar-refractivity contribution < 1.29 is 22.9 Å². The van der Waals surface area contributed by atoms with Gasteiger partial charge in [0.05, 0.1) is 16.4 Å². The molecule has 1 heterocycles. The van der Waals surface area contributed by atoms with Crippen LogP contribution in [0.5, 0.6) is 5.75 Å². The van der Waals surface area contributed by atoms with E-state index in [1.807, 2.05) is 0 Å². The van der Waals surface area contributed by atoms with Gasteiger partial charge < -0.3 is 10.1 Å². The number of ether oxygens (including phenoxy) is 1. The van der Waals surface area contributed by atoms with Gasteiger partial charge in [0.1, 0.15) is 0 Å². The number of nitro benzene ring substituents is 1. The number of nitrogens with one attached hydrogen (secondary N) is 1. The minimum Gasteiger partial charge on any atom is -0.477 e. The van der Waals surface area contributed by atoms with E-state index in [4.69, 9.17) is 4.74 Å². The van der Waals surface area contributed by atoms with Gasteiger partial charge in [0.2, 0.25) is 0 Å². The highest BCUT2D eigenvalue weighted by atomic mass is 32.2. The molecule has 1 saturated heterocycles. The summed E-state index contributed by atoms with van der Waals surface area (Å²) >= 11 is 0. The maximum Gasteiger partial charge on any atom is 0.310 e. The molecule has 1 aliphatic heterocycles. The Labute approximate surface area is 121 Å². The Morgan fingerprint density at radius 1 is 1.43 bits per heavy atom. The van der Waals surface area contributed by atoms with Crippen molar-refractivity contribution in [3.05, 3.63) is 34.4 Å². The quantitative estimate of drug-likeness (QED) is 0.616. The van der Waals surface area contributed by atoms with Crippen LogP contribution in [-0.4, -0.2) is 43.4 Å². The molecule has 0 saturated carbocycles. The number of sulfone groups is 1. The Hall–Kier alpha value is -2.16. The molecule has 0 radical (unpaired) electrons. The van der Waals surface area contributed by atoms with Crippen molar-refractivity contribution in [2.24, 2.45) is 0 Å². The molecule has 1 amide bonds. The third-order valence-electron chi connectivity index (χ3n) is 3.02. The van der Waals surface area contributed by atoms with Crippen molar-refractivity contribution in [3.8, 4) is 5.75 Å². The van der Waals surface area contributed by atoms with Crippen LogP contribution in [-0.2, 0) is 14.6 Å². The van der Waals surface area contributed by atoms with Crippen molar-refractivity contribution in [2.75, 3.05) is 18.1 Å². The van der Waals surface area contributed by atoms with Gasteiger partial charge in [0.15, 0.2) is 22.2 Å². The van der Waals surface area contributed by atoms with E-state index in [1.54, 1.807) is 6.07 Å². The van der Waals surface area contributed by atoms with Gasteiger partial charge in [0, 0.05) is 12.1 Å². The van der Waals surface area contributed by atoms with E-state index in [2.05, 4.69) is 5.32 Å². The fourth-order valence-electron chi connectivity index (χ4n) is 2.05. The van der Waals surface area contributed by atoms with Gasteiger partial charge in [-0.05, 0) is 12.5 Å². The van der Waals surface area contributed by atoms with Crippen LogP contribution >= 0.6 is 0 Å². The highest BCUT2D eigenvalue weighted by Crippen LogP contribution is 2.25. The van der Waals surface area contributed by atoms with Crippen LogP contribution in [0.3, 0.4) is 0 Å². The second-order valence-electron chi connectivity index (χ2n) is 4.68. The molecule has 2 rings (SSSR count). The highest BCUT2D eigenvalue weighted by Gasteiger charge is 2.29. The molecule has 1 aromatic carbocycles. The lowest BCUT2D eigenvalue weighted by molar-refractivity contribution is -0.385. The molecule has 1 N–H and O–H groups in total. The van der Waals surface area contributed by atoms with Gasteiger partial charge in [-0.1, -0.05) is 12.1 Å². The summed E-state index contributed by atoms with van der Waals surface area (Å²) in [6.45, 7) is -0.401. The number of nitro groups is 1. The summed E-state index contributed by atoms with van der Waals surface area (Å²) in [4.78, 5) is 21.8. The molecular weight excluding hydrogens is 300 g/mol. The lowest BCUT2D eigenvalue weighted by Crippen LogP contribution is -2.38. The first-order valence-electron chi connectivity index (χ1n) is 6.23. The number of rotatable bonds is 5. The van der Waals surface area contributed by atoms with Gasteiger partial charge in [-0.3, -0.25) is 14.9 Å². The number of amides is 1. The van der Waals surface area contributed by atoms with E-state index in [-0.39, 0.29) is 22.9 Å². The van der Waals surface area contributed by atoms with Gasteiger partial charge in [0.25, 0.3) is 5.91 Å². The SMILES string of the molecule is O=C(COc1ccccc1[N+](=O)[O-])N[C@H]1CCS(=O)(=O)C1. The minimum atomic E-state index is -3.07. The topological polar surface area (TPSA) is 116 Å².